The number of benzene rings is 1. The first-order valence-electron chi connectivity index (χ1n) is 8.86. The second-order valence-electron chi connectivity index (χ2n) is 6.96. The molecule has 0 radical (unpaired) electrons. The first-order valence-corrected chi connectivity index (χ1v) is 8.86. The van der Waals surface area contributed by atoms with E-state index in [0.717, 1.165) is 18.4 Å². The fourth-order valence-electron chi connectivity index (χ4n) is 3.22. The average Bonchev–Trinajstić information content (AvgIpc) is 3.40. The monoisotopic (exact) mass is 286 g/mol. The summed E-state index contributed by atoms with van der Waals surface area (Å²) in [6.45, 7) is 7.21. The highest BCUT2D eigenvalue weighted by Crippen LogP contribution is 2.34. The van der Waals surface area contributed by atoms with Gasteiger partial charge < -0.3 is 10.2 Å². The summed E-state index contributed by atoms with van der Waals surface area (Å²) in [6, 6.07) is 11.5. The van der Waals surface area contributed by atoms with Crippen LogP contribution in [0.5, 0.6) is 0 Å². The summed E-state index contributed by atoms with van der Waals surface area (Å²) >= 11 is 0. The van der Waals surface area contributed by atoms with Crippen LogP contribution in [0.4, 0.5) is 0 Å². The van der Waals surface area contributed by atoms with Crippen molar-refractivity contribution in [1.29, 1.82) is 0 Å². The Morgan fingerprint density at radius 2 is 1.67 bits per heavy atom. The highest BCUT2D eigenvalue weighted by Gasteiger charge is 2.29. The normalized spacial score (nSPS) is 19.9. The van der Waals surface area contributed by atoms with Gasteiger partial charge in [0, 0.05) is 19.1 Å². The van der Waals surface area contributed by atoms with Gasteiger partial charge >= 0.3 is 0 Å². The van der Waals surface area contributed by atoms with Gasteiger partial charge in [-0.2, -0.15) is 0 Å². The molecule has 1 aromatic rings. The molecule has 2 nitrogen and oxygen atoms in total. The molecule has 1 aromatic carbocycles. The molecule has 2 saturated carbocycles. The predicted octanol–water partition coefficient (Wildman–Crippen LogP) is 3.85. The smallest absolute Gasteiger partial charge is 0.0332 e. The van der Waals surface area contributed by atoms with E-state index in [1.54, 1.807) is 0 Å². The maximum Gasteiger partial charge on any atom is 0.0332 e. The first-order chi connectivity index (χ1) is 10.3. The van der Waals surface area contributed by atoms with Crippen LogP contribution in [0.3, 0.4) is 0 Å². The van der Waals surface area contributed by atoms with Gasteiger partial charge in [-0.1, -0.05) is 37.3 Å². The van der Waals surface area contributed by atoms with Crippen LogP contribution in [-0.4, -0.2) is 31.1 Å². The van der Waals surface area contributed by atoms with Crippen LogP contribution in [0, 0.1) is 11.8 Å². The minimum absolute atomic E-state index is 0.511. The second-order valence-corrected chi connectivity index (χ2v) is 6.96. The molecule has 21 heavy (non-hydrogen) atoms. The Labute approximate surface area is 129 Å². The molecular formula is C19H30N2. The maximum atomic E-state index is 3.67. The summed E-state index contributed by atoms with van der Waals surface area (Å²) in [5, 5.41) is 3.67. The standard InChI is InChI=1S/C19H30N2/c1-2-20-19(18-6-4-3-5-7-18)12-13-21(14-16-8-9-16)15-17-10-11-17/h3-7,16-17,19-20H,2,8-15H2,1H3. The van der Waals surface area contributed by atoms with Crippen LogP contribution < -0.4 is 5.32 Å². The maximum absolute atomic E-state index is 3.67. The number of nitrogens with one attached hydrogen (secondary N) is 1. The van der Waals surface area contributed by atoms with Crippen molar-refractivity contribution < 1.29 is 0 Å². The van der Waals surface area contributed by atoms with Gasteiger partial charge in [0.2, 0.25) is 0 Å². The molecule has 2 fully saturated rings. The summed E-state index contributed by atoms with van der Waals surface area (Å²) in [7, 11) is 0. The fraction of sp³-hybridized carbons (Fsp3) is 0.684. The highest BCUT2D eigenvalue weighted by atomic mass is 15.1. The fourth-order valence-corrected chi connectivity index (χ4v) is 3.22. The van der Waals surface area contributed by atoms with Gasteiger partial charge in [0.05, 0.1) is 0 Å². The van der Waals surface area contributed by atoms with Crippen molar-refractivity contribution in [3.05, 3.63) is 35.9 Å². The predicted molar refractivity (Wildman–Crippen MR) is 89.4 cm³/mol. The largest absolute Gasteiger partial charge is 0.310 e. The lowest BCUT2D eigenvalue weighted by molar-refractivity contribution is 0.238. The second kappa shape index (κ2) is 7.42. The van der Waals surface area contributed by atoms with Crippen molar-refractivity contribution in [3.63, 3.8) is 0 Å². The quantitative estimate of drug-likeness (QED) is 0.703. The van der Waals surface area contributed by atoms with Crippen molar-refractivity contribution in [2.75, 3.05) is 26.2 Å². The molecule has 0 heterocycles. The van der Waals surface area contributed by atoms with E-state index in [2.05, 4.69) is 47.5 Å². The lowest BCUT2D eigenvalue weighted by Gasteiger charge is -2.26. The zero-order chi connectivity index (χ0) is 14.5. The molecule has 3 rings (SSSR count). The van der Waals surface area contributed by atoms with Gasteiger partial charge in [0.1, 0.15) is 0 Å². The lowest BCUT2D eigenvalue weighted by atomic mass is 10.0. The van der Waals surface area contributed by atoms with Crippen LogP contribution in [0.1, 0.15) is 50.6 Å². The first kappa shape index (κ1) is 15.1. The molecule has 0 amide bonds. The Morgan fingerprint density at radius 1 is 1.05 bits per heavy atom. The third-order valence-electron chi connectivity index (χ3n) is 4.81. The van der Waals surface area contributed by atoms with Crippen molar-refractivity contribution >= 4 is 0 Å². The molecule has 1 N–H and O–H groups in total. The molecule has 2 aliphatic carbocycles. The van der Waals surface area contributed by atoms with Crippen LogP contribution in [-0.2, 0) is 0 Å². The molecule has 0 aliphatic heterocycles. The molecule has 2 aliphatic rings. The van der Waals surface area contributed by atoms with Gasteiger partial charge in [0.25, 0.3) is 0 Å². The summed E-state index contributed by atoms with van der Waals surface area (Å²) in [6.07, 6.45) is 7.11. The molecule has 0 spiro atoms. The summed E-state index contributed by atoms with van der Waals surface area (Å²) in [5.74, 6) is 2.02. The van der Waals surface area contributed by atoms with E-state index in [-0.39, 0.29) is 0 Å². The molecule has 0 saturated heterocycles. The third kappa shape index (κ3) is 5.12. The van der Waals surface area contributed by atoms with Crippen LogP contribution in [0.2, 0.25) is 0 Å². The number of hydrogen-bond acceptors (Lipinski definition) is 2. The number of nitrogens with zero attached hydrogens (tertiary/aromatic N) is 1. The van der Waals surface area contributed by atoms with E-state index < -0.39 is 0 Å². The van der Waals surface area contributed by atoms with Crippen LogP contribution in [0.25, 0.3) is 0 Å². The van der Waals surface area contributed by atoms with E-state index in [1.807, 2.05) is 0 Å². The van der Waals surface area contributed by atoms with Crippen molar-refractivity contribution in [3.8, 4) is 0 Å². The Balaban J connectivity index is 1.53. The number of rotatable bonds is 10. The van der Waals surface area contributed by atoms with Gasteiger partial charge in [-0.05, 0) is 62.6 Å². The summed E-state index contributed by atoms with van der Waals surface area (Å²) < 4.78 is 0. The molecule has 0 bridgehead atoms. The summed E-state index contributed by atoms with van der Waals surface area (Å²) in [4.78, 5) is 2.75. The third-order valence-corrected chi connectivity index (χ3v) is 4.81. The molecule has 1 unspecified atom stereocenters. The Kier molecular flexibility index (Phi) is 5.32. The van der Waals surface area contributed by atoms with Gasteiger partial charge in [-0.25, -0.2) is 0 Å². The van der Waals surface area contributed by atoms with Crippen LogP contribution in [0.15, 0.2) is 30.3 Å². The molecule has 1 atom stereocenters. The van der Waals surface area contributed by atoms with Crippen molar-refractivity contribution in [2.45, 2.75) is 45.1 Å². The lowest BCUT2D eigenvalue weighted by Crippen LogP contribution is -2.32. The van der Waals surface area contributed by atoms with E-state index in [4.69, 9.17) is 0 Å². The topological polar surface area (TPSA) is 15.3 Å². The minimum Gasteiger partial charge on any atom is -0.310 e. The van der Waals surface area contributed by atoms with E-state index in [0.29, 0.717) is 6.04 Å². The molecule has 0 aromatic heterocycles. The highest BCUT2D eigenvalue weighted by molar-refractivity contribution is 5.18. The zero-order valence-corrected chi connectivity index (χ0v) is 13.4. The minimum atomic E-state index is 0.511. The Bertz CT molecular complexity index is 395. The average molecular weight is 286 g/mol. The summed E-state index contributed by atoms with van der Waals surface area (Å²) in [5.41, 5.74) is 1.44. The van der Waals surface area contributed by atoms with Crippen LogP contribution >= 0.6 is 0 Å². The Morgan fingerprint density at radius 3 is 2.19 bits per heavy atom. The van der Waals surface area contributed by atoms with E-state index in [1.165, 1.54) is 57.3 Å². The van der Waals surface area contributed by atoms with Gasteiger partial charge in [-0.3, -0.25) is 0 Å². The van der Waals surface area contributed by atoms with E-state index in [9.17, 15) is 0 Å². The van der Waals surface area contributed by atoms with Gasteiger partial charge in [-0.15, -0.1) is 0 Å². The zero-order valence-electron chi connectivity index (χ0n) is 13.4. The molecule has 116 valence electrons. The van der Waals surface area contributed by atoms with E-state index >= 15 is 0 Å². The number of hydrogen-bond donors (Lipinski definition) is 1. The van der Waals surface area contributed by atoms with Crippen molar-refractivity contribution in [2.24, 2.45) is 11.8 Å². The van der Waals surface area contributed by atoms with Gasteiger partial charge in [0.15, 0.2) is 0 Å². The van der Waals surface area contributed by atoms with Crippen molar-refractivity contribution in [1.82, 2.24) is 10.2 Å². The molecular weight excluding hydrogens is 256 g/mol. The molecule has 2 heteroatoms. The Hall–Kier alpha value is -0.860. The SMILES string of the molecule is CCNC(CCN(CC1CC1)CC1CC1)c1ccccc1.